The van der Waals surface area contributed by atoms with Crippen molar-refractivity contribution >= 4 is 34.8 Å². The monoisotopic (exact) mass is 361 g/mol. The molecule has 1 aromatic carbocycles. The van der Waals surface area contributed by atoms with E-state index in [0.717, 1.165) is 19.3 Å². The lowest BCUT2D eigenvalue weighted by Gasteiger charge is -2.14. The average Bonchev–Trinajstić information content (AvgIpc) is 3.07. The molecule has 1 fully saturated rings. The number of thiocarbonyl (C=S) groups is 1. The van der Waals surface area contributed by atoms with Crippen LogP contribution >= 0.6 is 12.2 Å². The fourth-order valence-corrected chi connectivity index (χ4v) is 3.20. The molecule has 6 heteroatoms. The maximum absolute atomic E-state index is 12.2. The molecule has 0 heterocycles. The van der Waals surface area contributed by atoms with Gasteiger partial charge in [-0.25, -0.2) is 0 Å². The smallest absolute Gasteiger partial charge is 0.251 e. The molecule has 0 spiro atoms. The van der Waals surface area contributed by atoms with Crippen molar-refractivity contribution in [3.8, 4) is 0 Å². The van der Waals surface area contributed by atoms with E-state index in [1.807, 2.05) is 19.9 Å². The minimum absolute atomic E-state index is 0.0462. The predicted molar refractivity (Wildman–Crippen MR) is 105 cm³/mol. The van der Waals surface area contributed by atoms with Gasteiger partial charge in [0.15, 0.2) is 5.11 Å². The van der Waals surface area contributed by atoms with Crippen molar-refractivity contribution in [2.75, 3.05) is 5.32 Å². The van der Waals surface area contributed by atoms with E-state index in [-0.39, 0.29) is 23.0 Å². The Hall–Kier alpha value is -1.95. The maximum atomic E-state index is 12.2. The molecule has 1 unspecified atom stereocenters. The summed E-state index contributed by atoms with van der Waals surface area (Å²) >= 11 is 5.21. The third-order valence-electron chi connectivity index (χ3n) is 4.57. The van der Waals surface area contributed by atoms with Crippen molar-refractivity contribution in [3.63, 3.8) is 0 Å². The molecule has 2 rings (SSSR count). The predicted octanol–water partition coefficient (Wildman–Crippen LogP) is 3.61. The van der Waals surface area contributed by atoms with Gasteiger partial charge in [0.05, 0.1) is 0 Å². The zero-order valence-electron chi connectivity index (χ0n) is 14.9. The fraction of sp³-hybridized carbons (Fsp3) is 0.526. The summed E-state index contributed by atoms with van der Waals surface area (Å²) < 4.78 is 0. The molecule has 3 N–H and O–H groups in total. The van der Waals surface area contributed by atoms with Crippen molar-refractivity contribution < 1.29 is 9.59 Å². The Kier molecular flexibility index (Phi) is 7.37. The van der Waals surface area contributed by atoms with Crippen LogP contribution in [-0.4, -0.2) is 23.0 Å². The zero-order valence-corrected chi connectivity index (χ0v) is 15.7. The summed E-state index contributed by atoms with van der Waals surface area (Å²) in [6.07, 6.45) is 6.08. The van der Waals surface area contributed by atoms with Gasteiger partial charge in [-0.3, -0.25) is 9.59 Å². The Morgan fingerprint density at radius 1 is 1.28 bits per heavy atom. The highest BCUT2D eigenvalue weighted by Gasteiger charge is 2.19. The highest BCUT2D eigenvalue weighted by atomic mass is 32.1. The molecule has 1 atom stereocenters. The number of hydrogen-bond acceptors (Lipinski definition) is 3. The Labute approximate surface area is 155 Å². The van der Waals surface area contributed by atoms with Gasteiger partial charge in [-0.1, -0.05) is 25.8 Å². The van der Waals surface area contributed by atoms with Gasteiger partial charge in [0.25, 0.3) is 5.91 Å². The lowest BCUT2D eigenvalue weighted by Crippen LogP contribution is -2.35. The first-order chi connectivity index (χ1) is 12.0. The van der Waals surface area contributed by atoms with E-state index in [1.165, 1.54) is 12.8 Å². The van der Waals surface area contributed by atoms with E-state index in [2.05, 4.69) is 16.0 Å². The number of carbonyl (C=O) groups excluding carboxylic acids is 2. The first kappa shape index (κ1) is 19.4. The van der Waals surface area contributed by atoms with E-state index in [9.17, 15) is 9.59 Å². The fourth-order valence-electron chi connectivity index (χ4n) is 2.96. The van der Waals surface area contributed by atoms with E-state index < -0.39 is 0 Å². The van der Waals surface area contributed by atoms with Crippen LogP contribution in [0.4, 0.5) is 5.69 Å². The van der Waals surface area contributed by atoms with Crippen LogP contribution in [0, 0.1) is 5.92 Å². The van der Waals surface area contributed by atoms with E-state index in [0.29, 0.717) is 23.6 Å². The zero-order chi connectivity index (χ0) is 18.2. The van der Waals surface area contributed by atoms with Crippen LogP contribution in [0.2, 0.25) is 0 Å². The Morgan fingerprint density at radius 3 is 2.68 bits per heavy atom. The largest absolute Gasteiger partial charge is 0.350 e. The van der Waals surface area contributed by atoms with E-state index in [4.69, 9.17) is 12.2 Å². The summed E-state index contributed by atoms with van der Waals surface area (Å²) in [6.45, 7) is 3.99. The molecule has 1 aromatic rings. The van der Waals surface area contributed by atoms with Crippen LogP contribution in [0.25, 0.3) is 0 Å². The third-order valence-corrected chi connectivity index (χ3v) is 4.78. The topological polar surface area (TPSA) is 70.2 Å². The molecular formula is C19H27N3O2S. The number of carbonyl (C=O) groups is 2. The van der Waals surface area contributed by atoms with Crippen molar-refractivity contribution in [1.29, 1.82) is 0 Å². The van der Waals surface area contributed by atoms with Gasteiger partial charge >= 0.3 is 0 Å². The summed E-state index contributed by atoms with van der Waals surface area (Å²) in [5, 5.41) is 8.90. The summed E-state index contributed by atoms with van der Waals surface area (Å²) in [7, 11) is 0. The van der Waals surface area contributed by atoms with Crippen LogP contribution in [-0.2, 0) is 4.79 Å². The van der Waals surface area contributed by atoms with Crippen molar-refractivity contribution in [1.82, 2.24) is 10.6 Å². The maximum Gasteiger partial charge on any atom is 0.251 e. The minimum atomic E-state index is -0.116. The molecule has 1 aliphatic rings. The van der Waals surface area contributed by atoms with Crippen molar-refractivity contribution in [2.24, 2.45) is 5.92 Å². The number of anilines is 1. The molecular weight excluding hydrogens is 334 g/mol. The van der Waals surface area contributed by atoms with Gasteiger partial charge in [-0.05, 0) is 62.5 Å². The summed E-state index contributed by atoms with van der Waals surface area (Å²) in [6, 6.07) is 7.21. The molecule has 0 bridgehead atoms. The molecule has 5 nitrogen and oxygen atoms in total. The van der Waals surface area contributed by atoms with Gasteiger partial charge in [-0.15, -0.1) is 0 Å². The molecule has 25 heavy (non-hydrogen) atoms. The first-order valence-corrected chi connectivity index (χ1v) is 9.40. The SMILES string of the molecule is CCC(C)NC(=O)c1cccc(NC(=S)NC(=O)CC2CCCC2)c1. The Balaban J connectivity index is 1.86. The number of hydrogen-bond donors (Lipinski definition) is 3. The summed E-state index contributed by atoms with van der Waals surface area (Å²) in [4.78, 5) is 24.2. The lowest BCUT2D eigenvalue weighted by molar-refractivity contribution is -0.120. The average molecular weight is 362 g/mol. The number of rotatable bonds is 6. The normalized spacial score (nSPS) is 15.4. The van der Waals surface area contributed by atoms with Crippen LogP contribution in [0.15, 0.2) is 24.3 Å². The number of amides is 2. The van der Waals surface area contributed by atoms with Gasteiger partial charge in [0, 0.05) is 23.7 Å². The van der Waals surface area contributed by atoms with Crippen LogP contribution < -0.4 is 16.0 Å². The molecule has 0 saturated heterocycles. The molecule has 1 aliphatic carbocycles. The lowest BCUT2D eigenvalue weighted by atomic mass is 10.0. The highest BCUT2D eigenvalue weighted by molar-refractivity contribution is 7.80. The van der Waals surface area contributed by atoms with E-state index in [1.54, 1.807) is 18.2 Å². The van der Waals surface area contributed by atoms with Crippen molar-refractivity contribution in [3.05, 3.63) is 29.8 Å². The second kappa shape index (κ2) is 9.51. The second-order valence-corrected chi connectivity index (χ2v) is 7.13. The molecule has 0 radical (unpaired) electrons. The first-order valence-electron chi connectivity index (χ1n) is 8.99. The summed E-state index contributed by atoms with van der Waals surface area (Å²) in [5.74, 6) is 0.319. The third kappa shape index (κ3) is 6.46. The Bertz CT molecular complexity index is 627. The van der Waals surface area contributed by atoms with Crippen molar-refractivity contribution in [2.45, 2.75) is 58.4 Å². The quantitative estimate of drug-likeness (QED) is 0.677. The standard InChI is InChI=1S/C19H27N3O2S/c1-3-13(2)20-18(24)15-9-6-10-16(12-15)21-19(25)22-17(23)11-14-7-4-5-8-14/h6,9-10,12-14H,3-5,7-8,11H2,1-2H3,(H,20,24)(H2,21,22,23,25). The minimum Gasteiger partial charge on any atom is -0.350 e. The molecule has 0 aromatic heterocycles. The van der Waals surface area contributed by atoms with Gasteiger partial charge < -0.3 is 16.0 Å². The van der Waals surface area contributed by atoms with Gasteiger partial charge in [0.2, 0.25) is 5.91 Å². The van der Waals surface area contributed by atoms with E-state index >= 15 is 0 Å². The Morgan fingerprint density at radius 2 is 2.00 bits per heavy atom. The number of benzene rings is 1. The molecule has 0 aliphatic heterocycles. The van der Waals surface area contributed by atoms with Gasteiger partial charge in [-0.2, -0.15) is 0 Å². The van der Waals surface area contributed by atoms with Crippen LogP contribution in [0.3, 0.4) is 0 Å². The van der Waals surface area contributed by atoms with Gasteiger partial charge in [0.1, 0.15) is 0 Å². The van der Waals surface area contributed by atoms with Crippen LogP contribution in [0.1, 0.15) is 62.7 Å². The molecule has 2 amide bonds. The molecule has 136 valence electrons. The highest BCUT2D eigenvalue weighted by Crippen LogP contribution is 2.27. The number of nitrogens with one attached hydrogen (secondary N) is 3. The second-order valence-electron chi connectivity index (χ2n) is 6.72. The molecule has 1 saturated carbocycles. The van der Waals surface area contributed by atoms with Crippen LogP contribution in [0.5, 0.6) is 0 Å². The summed E-state index contributed by atoms with van der Waals surface area (Å²) in [5.41, 5.74) is 1.24.